The number of benzene rings is 1. The summed E-state index contributed by atoms with van der Waals surface area (Å²) in [5, 5.41) is 23.4. The first-order valence-electron chi connectivity index (χ1n) is 8.49. The number of nitriles is 1. The van der Waals surface area contributed by atoms with Crippen LogP contribution in [-0.2, 0) is 6.54 Å². The molecule has 2 aromatic heterocycles. The van der Waals surface area contributed by atoms with E-state index in [4.69, 9.17) is 5.26 Å². The maximum Gasteiger partial charge on any atom is 0.272 e. The van der Waals surface area contributed by atoms with Crippen LogP contribution in [0.2, 0.25) is 0 Å². The second-order valence-electron chi connectivity index (χ2n) is 6.19. The zero-order chi connectivity index (χ0) is 19.2. The highest BCUT2D eigenvalue weighted by Gasteiger charge is 2.22. The molecule has 0 saturated heterocycles. The number of aryl methyl sites for hydroxylation is 1. The number of carbonyl (C=O) groups is 1. The average molecular weight is 377 g/mol. The van der Waals surface area contributed by atoms with E-state index in [-0.39, 0.29) is 18.1 Å². The van der Waals surface area contributed by atoms with Crippen molar-refractivity contribution in [1.82, 2.24) is 9.88 Å². The summed E-state index contributed by atoms with van der Waals surface area (Å²) in [5.74, 6) is -0.277. The molecule has 5 nitrogen and oxygen atoms in total. The van der Waals surface area contributed by atoms with Gasteiger partial charge in [-0.1, -0.05) is 30.3 Å². The molecule has 136 valence electrons. The Kier molecular flexibility index (Phi) is 5.97. The monoisotopic (exact) mass is 377 g/mol. The van der Waals surface area contributed by atoms with Crippen molar-refractivity contribution in [3.05, 3.63) is 87.4 Å². The fourth-order valence-electron chi connectivity index (χ4n) is 2.76. The summed E-state index contributed by atoms with van der Waals surface area (Å²) in [6, 6.07) is 16.7. The smallest absolute Gasteiger partial charge is 0.272 e. The number of carbonyl (C=O) groups excluding carboxylic acids is 1. The average Bonchev–Trinajstić information content (AvgIpc) is 3.22. The number of hydrogen-bond acceptors (Lipinski definition) is 5. The highest BCUT2D eigenvalue weighted by Crippen LogP contribution is 2.20. The highest BCUT2D eigenvalue weighted by molar-refractivity contribution is 7.07. The van der Waals surface area contributed by atoms with E-state index in [2.05, 4.69) is 11.1 Å². The number of nitrogens with zero attached hydrogens (tertiary/aromatic N) is 3. The van der Waals surface area contributed by atoms with Gasteiger partial charge in [0.2, 0.25) is 0 Å². The lowest BCUT2D eigenvalue weighted by Crippen LogP contribution is -2.35. The van der Waals surface area contributed by atoms with Gasteiger partial charge < -0.3 is 10.0 Å². The molecular weight excluding hydrogens is 358 g/mol. The molecule has 3 rings (SSSR count). The Labute approximate surface area is 162 Å². The van der Waals surface area contributed by atoms with Crippen molar-refractivity contribution >= 4 is 17.2 Å². The van der Waals surface area contributed by atoms with E-state index >= 15 is 0 Å². The number of thiophene rings is 1. The third-order valence-electron chi connectivity index (χ3n) is 4.25. The predicted molar refractivity (Wildman–Crippen MR) is 104 cm³/mol. The van der Waals surface area contributed by atoms with E-state index in [1.807, 2.05) is 47.2 Å². The molecule has 2 heterocycles. The van der Waals surface area contributed by atoms with Crippen molar-refractivity contribution in [3.63, 3.8) is 0 Å². The van der Waals surface area contributed by atoms with Crippen molar-refractivity contribution in [2.45, 2.75) is 19.6 Å². The summed E-state index contributed by atoms with van der Waals surface area (Å²) < 4.78 is 0. The second-order valence-corrected chi connectivity index (χ2v) is 6.97. The number of rotatable bonds is 6. The Balaban J connectivity index is 1.87. The summed E-state index contributed by atoms with van der Waals surface area (Å²) in [5.41, 5.74) is 2.98. The van der Waals surface area contributed by atoms with E-state index in [0.717, 1.165) is 11.1 Å². The van der Waals surface area contributed by atoms with Gasteiger partial charge in [0.05, 0.1) is 23.9 Å². The van der Waals surface area contributed by atoms with Crippen LogP contribution in [0.3, 0.4) is 0 Å². The van der Waals surface area contributed by atoms with Crippen molar-refractivity contribution in [1.29, 1.82) is 5.26 Å². The topological polar surface area (TPSA) is 77.2 Å². The van der Waals surface area contributed by atoms with Crippen LogP contribution >= 0.6 is 11.3 Å². The molecule has 0 aliphatic rings. The van der Waals surface area contributed by atoms with Crippen molar-refractivity contribution < 1.29 is 9.90 Å². The standard InChI is InChI=1S/C21H19N3O2S/c1-15-17(11-22)7-8-19(23-15)21(26)24(12-16-5-3-2-4-6-16)13-20(25)18-9-10-27-14-18/h2-10,14,20,25H,12-13H2,1H3/t20-/m0/s1. The number of amides is 1. The summed E-state index contributed by atoms with van der Waals surface area (Å²) in [6.45, 7) is 2.23. The molecule has 0 saturated carbocycles. The summed E-state index contributed by atoms with van der Waals surface area (Å²) in [7, 11) is 0. The number of aliphatic hydroxyl groups excluding tert-OH is 1. The molecule has 0 aliphatic heterocycles. The largest absolute Gasteiger partial charge is 0.387 e. The van der Waals surface area contributed by atoms with E-state index in [1.54, 1.807) is 24.0 Å². The number of hydrogen-bond donors (Lipinski definition) is 1. The van der Waals surface area contributed by atoms with Gasteiger partial charge in [-0.05, 0) is 47.0 Å². The molecule has 0 aliphatic carbocycles. The minimum atomic E-state index is -0.775. The van der Waals surface area contributed by atoms with E-state index in [0.29, 0.717) is 17.8 Å². The Hall–Kier alpha value is -3.01. The normalized spacial score (nSPS) is 11.6. The molecule has 6 heteroatoms. The van der Waals surface area contributed by atoms with E-state index < -0.39 is 6.10 Å². The van der Waals surface area contributed by atoms with E-state index in [9.17, 15) is 9.90 Å². The second kappa shape index (κ2) is 8.58. The van der Waals surface area contributed by atoms with Crippen LogP contribution in [0.4, 0.5) is 0 Å². The third-order valence-corrected chi connectivity index (χ3v) is 4.95. The Bertz CT molecular complexity index is 949. The number of pyridine rings is 1. The lowest BCUT2D eigenvalue weighted by atomic mass is 10.1. The molecule has 0 fully saturated rings. The van der Waals surface area contributed by atoms with Gasteiger partial charge in [-0.25, -0.2) is 4.98 Å². The number of aromatic nitrogens is 1. The fourth-order valence-corrected chi connectivity index (χ4v) is 3.47. The Morgan fingerprint density at radius 3 is 2.67 bits per heavy atom. The molecule has 3 aromatic rings. The Morgan fingerprint density at radius 2 is 2.04 bits per heavy atom. The lowest BCUT2D eigenvalue weighted by molar-refractivity contribution is 0.0598. The summed E-state index contributed by atoms with van der Waals surface area (Å²) >= 11 is 1.50. The molecule has 0 unspecified atom stereocenters. The quantitative estimate of drug-likeness (QED) is 0.710. The van der Waals surface area contributed by atoms with Gasteiger partial charge >= 0.3 is 0 Å². The highest BCUT2D eigenvalue weighted by atomic mass is 32.1. The maximum atomic E-state index is 13.1. The van der Waals surface area contributed by atoms with Crippen LogP contribution in [0.5, 0.6) is 0 Å². The predicted octanol–water partition coefficient (Wildman–Crippen LogP) is 3.70. The van der Waals surface area contributed by atoms with Crippen LogP contribution in [0, 0.1) is 18.3 Å². The van der Waals surface area contributed by atoms with Crippen LogP contribution in [-0.4, -0.2) is 27.4 Å². The van der Waals surface area contributed by atoms with Crippen LogP contribution < -0.4 is 0 Å². The van der Waals surface area contributed by atoms with Crippen molar-refractivity contribution in [3.8, 4) is 6.07 Å². The lowest BCUT2D eigenvalue weighted by Gasteiger charge is -2.25. The van der Waals surface area contributed by atoms with Gasteiger partial charge in [-0.15, -0.1) is 0 Å². The minimum Gasteiger partial charge on any atom is -0.387 e. The maximum absolute atomic E-state index is 13.1. The molecule has 27 heavy (non-hydrogen) atoms. The van der Waals surface area contributed by atoms with Crippen LogP contribution in [0.15, 0.2) is 59.3 Å². The molecule has 1 amide bonds. The van der Waals surface area contributed by atoms with Gasteiger partial charge in [-0.2, -0.15) is 16.6 Å². The van der Waals surface area contributed by atoms with Gasteiger partial charge in [0, 0.05) is 6.54 Å². The summed E-state index contributed by atoms with van der Waals surface area (Å²) in [4.78, 5) is 19.0. The first-order chi connectivity index (χ1) is 13.1. The van der Waals surface area contributed by atoms with Gasteiger partial charge in [0.1, 0.15) is 11.8 Å². The Morgan fingerprint density at radius 1 is 1.26 bits per heavy atom. The first kappa shape index (κ1) is 18.8. The zero-order valence-corrected chi connectivity index (χ0v) is 15.7. The fraction of sp³-hybridized carbons (Fsp3) is 0.190. The summed E-state index contributed by atoms with van der Waals surface area (Å²) in [6.07, 6.45) is -0.775. The van der Waals surface area contributed by atoms with Crippen molar-refractivity contribution in [2.24, 2.45) is 0 Å². The molecule has 0 radical (unpaired) electrons. The van der Waals surface area contributed by atoms with Gasteiger partial charge in [0.15, 0.2) is 0 Å². The van der Waals surface area contributed by atoms with E-state index in [1.165, 1.54) is 11.3 Å². The molecule has 0 spiro atoms. The molecule has 0 bridgehead atoms. The SMILES string of the molecule is Cc1nc(C(=O)N(Cc2ccccc2)C[C@H](O)c2ccsc2)ccc1C#N. The van der Waals surface area contributed by atoms with Crippen LogP contribution in [0.1, 0.15) is 39.0 Å². The first-order valence-corrected chi connectivity index (χ1v) is 9.44. The third kappa shape index (κ3) is 4.59. The molecular formula is C21H19N3O2S. The van der Waals surface area contributed by atoms with Crippen molar-refractivity contribution in [2.75, 3.05) is 6.54 Å². The molecule has 1 N–H and O–H groups in total. The van der Waals surface area contributed by atoms with Crippen LogP contribution in [0.25, 0.3) is 0 Å². The van der Waals surface area contributed by atoms with Gasteiger partial charge in [0.25, 0.3) is 5.91 Å². The number of aliphatic hydroxyl groups is 1. The minimum absolute atomic E-state index is 0.158. The zero-order valence-electron chi connectivity index (χ0n) is 14.9. The van der Waals surface area contributed by atoms with Gasteiger partial charge in [-0.3, -0.25) is 4.79 Å². The molecule has 1 atom stereocenters. The molecule has 1 aromatic carbocycles.